The Bertz CT molecular complexity index is 1180. The number of hydrogen-bond donors (Lipinski definition) is 1. The molecule has 1 amide bonds. The number of allylic oxidation sites excluding steroid dienone is 1. The highest BCUT2D eigenvalue weighted by atomic mass is 31.1. The van der Waals surface area contributed by atoms with E-state index in [4.69, 9.17) is 5.10 Å². The van der Waals surface area contributed by atoms with Crippen molar-refractivity contribution in [2.75, 3.05) is 13.1 Å². The van der Waals surface area contributed by atoms with E-state index in [1.54, 1.807) is 6.08 Å². The molecule has 0 spiro atoms. The number of nitrogens with one attached hydrogen (secondary N) is 1. The third-order valence-corrected chi connectivity index (χ3v) is 8.35. The van der Waals surface area contributed by atoms with Crippen LogP contribution in [0, 0.1) is 13.8 Å². The predicted octanol–water partition coefficient (Wildman–Crippen LogP) is 3.80. The van der Waals surface area contributed by atoms with Crippen molar-refractivity contribution >= 4 is 25.3 Å². The molecule has 1 N–H and O–H groups in total. The molecule has 0 aromatic carbocycles. The number of aryl methyl sites for hydroxylation is 2. The molecule has 0 radical (unpaired) electrons. The summed E-state index contributed by atoms with van der Waals surface area (Å²) in [6, 6.07) is 3.16. The summed E-state index contributed by atoms with van der Waals surface area (Å²) < 4.78 is 1.88. The topological polar surface area (TPSA) is 65.8 Å². The van der Waals surface area contributed by atoms with Gasteiger partial charge in [0.05, 0.1) is 40.3 Å². The van der Waals surface area contributed by atoms with Crippen LogP contribution in [-0.2, 0) is 4.79 Å². The van der Waals surface area contributed by atoms with Gasteiger partial charge < -0.3 is 15.1 Å². The van der Waals surface area contributed by atoms with Crippen LogP contribution in [0.1, 0.15) is 50.7 Å². The van der Waals surface area contributed by atoms with E-state index in [9.17, 15) is 4.79 Å². The number of hydrogen-bond acceptors (Lipinski definition) is 5. The number of carbonyl (C=O) groups excluding carboxylic acids is 1. The lowest BCUT2D eigenvalue weighted by Gasteiger charge is -2.41. The van der Waals surface area contributed by atoms with Gasteiger partial charge in [-0.15, -0.1) is 0 Å². The first-order chi connectivity index (χ1) is 15.8. The average Bonchev–Trinajstić information content (AvgIpc) is 3.19. The van der Waals surface area contributed by atoms with Gasteiger partial charge >= 0.3 is 0 Å². The van der Waals surface area contributed by atoms with E-state index < -0.39 is 0 Å². The van der Waals surface area contributed by atoms with Crippen LogP contribution in [0.3, 0.4) is 0 Å². The number of carbonyl (C=O) groups is 1. The minimum Gasteiger partial charge on any atom is -0.370 e. The van der Waals surface area contributed by atoms with E-state index in [-0.39, 0.29) is 11.7 Å². The van der Waals surface area contributed by atoms with Crippen LogP contribution in [-0.4, -0.2) is 61.3 Å². The molecule has 5 heterocycles. The van der Waals surface area contributed by atoms with Crippen molar-refractivity contribution in [1.29, 1.82) is 0 Å². The Labute approximate surface area is 197 Å². The molecule has 0 aliphatic carbocycles. The summed E-state index contributed by atoms with van der Waals surface area (Å²) in [5.74, 6) is 0.116. The molecule has 5 rings (SSSR count). The molecule has 1 saturated heterocycles. The van der Waals surface area contributed by atoms with Crippen molar-refractivity contribution in [1.82, 2.24) is 29.7 Å². The Balaban J connectivity index is 1.36. The fourth-order valence-corrected chi connectivity index (χ4v) is 6.49. The van der Waals surface area contributed by atoms with Gasteiger partial charge in [-0.1, -0.05) is 22.4 Å². The highest BCUT2D eigenvalue weighted by Crippen LogP contribution is 2.47. The summed E-state index contributed by atoms with van der Waals surface area (Å²) in [7, 11) is 0.465. The third-order valence-electron chi connectivity index (χ3n) is 6.64. The Morgan fingerprint density at radius 1 is 1.15 bits per heavy atom. The highest BCUT2D eigenvalue weighted by Gasteiger charge is 2.34. The number of aromatic nitrogens is 3. The Hall–Kier alpha value is -2.50. The van der Waals surface area contributed by atoms with Gasteiger partial charge in [0.1, 0.15) is 0 Å². The van der Waals surface area contributed by atoms with Gasteiger partial charge in [-0.05, 0) is 51.3 Å². The van der Waals surface area contributed by atoms with Crippen LogP contribution in [0.15, 0.2) is 41.9 Å². The van der Waals surface area contributed by atoms with Gasteiger partial charge in [-0.3, -0.25) is 9.78 Å². The van der Waals surface area contributed by atoms with Crippen molar-refractivity contribution in [2.24, 2.45) is 0 Å². The monoisotopic (exact) mass is 464 g/mol. The van der Waals surface area contributed by atoms with Crippen LogP contribution in [0.4, 0.5) is 0 Å². The molecule has 2 aromatic heterocycles. The normalized spacial score (nSPS) is 22.7. The molecule has 0 saturated carbocycles. The predicted molar refractivity (Wildman–Crippen MR) is 134 cm³/mol. The molecule has 2 atom stereocenters. The van der Waals surface area contributed by atoms with Crippen LogP contribution in [0.5, 0.6) is 0 Å². The average molecular weight is 465 g/mol. The molecule has 174 valence electrons. The quantitative estimate of drug-likeness (QED) is 0.698. The summed E-state index contributed by atoms with van der Waals surface area (Å²) in [6.07, 6.45) is 10.3. The van der Waals surface area contributed by atoms with E-state index >= 15 is 0 Å². The zero-order chi connectivity index (χ0) is 23.3. The maximum atomic E-state index is 13.2. The maximum Gasteiger partial charge on any atom is 0.252 e. The van der Waals surface area contributed by atoms with E-state index in [1.807, 2.05) is 29.5 Å². The molecular formula is C25H33N6OP. The van der Waals surface area contributed by atoms with Gasteiger partial charge in [0.15, 0.2) is 0 Å². The second kappa shape index (κ2) is 8.69. The Morgan fingerprint density at radius 3 is 2.64 bits per heavy atom. The van der Waals surface area contributed by atoms with Gasteiger partial charge in [0.25, 0.3) is 5.91 Å². The molecule has 3 aliphatic rings. The van der Waals surface area contributed by atoms with Gasteiger partial charge in [-0.2, -0.15) is 5.10 Å². The fraction of sp³-hybridized carbons (Fsp3) is 0.480. The van der Waals surface area contributed by atoms with Crippen molar-refractivity contribution in [2.45, 2.75) is 65.3 Å². The number of piperidine rings is 1. The molecule has 7 nitrogen and oxygen atoms in total. The summed E-state index contributed by atoms with van der Waals surface area (Å²) in [6.45, 7) is 12.6. The van der Waals surface area contributed by atoms with E-state index in [0.29, 0.717) is 20.7 Å². The van der Waals surface area contributed by atoms with Gasteiger partial charge in [0.2, 0.25) is 0 Å². The standard InChI is InChI=1S/C25H33N6OP/c1-15(2)26-19-6-8-29(9-7-19)20-10-16(3)25-30(14-20)24(32)12-23(33-25)21-11-22-18(5)27-17(4)13-31(22)28-21/h10-15,19,25-26,33H,6-9H2,1-5H3. The summed E-state index contributed by atoms with van der Waals surface area (Å²) in [4.78, 5) is 22.1. The summed E-state index contributed by atoms with van der Waals surface area (Å²) >= 11 is 0. The van der Waals surface area contributed by atoms with Crippen LogP contribution in [0.25, 0.3) is 10.8 Å². The Kier molecular flexibility index (Phi) is 5.87. The number of fused-ring (bicyclic) bond motifs is 2. The number of nitrogens with zero attached hydrogens (tertiary/aromatic N) is 5. The zero-order valence-electron chi connectivity index (χ0n) is 20.1. The minimum absolute atomic E-state index is 0.0399. The lowest BCUT2D eigenvalue weighted by Crippen LogP contribution is -2.45. The van der Waals surface area contributed by atoms with E-state index in [2.05, 4.69) is 54.3 Å². The van der Waals surface area contributed by atoms with Crippen molar-refractivity contribution in [3.05, 3.63) is 59.0 Å². The van der Waals surface area contributed by atoms with E-state index in [1.165, 1.54) is 5.57 Å². The highest BCUT2D eigenvalue weighted by molar-refractivity contribution is 7.51. The Morgan fingerprint density at radius 2 is 1.91 bits per heavy atom. The van der Waals surface area contributed by atoms with Crippen molar-refractivity contribution < 1.29 is 4.79 Å². The van der Waals surface area contributed by atoms with E-state index in [0.717, 1.165) is 59.5 Å². The van der Waals surface area contributed by atoms with Gasteiger partial charge in [0, 0.05) is 42.8 Å². The molecular weight excluding hydrogens is 431 g/mol. The van der Waals surface area contributed by atoms with Crippen LogP contribution < -0.4 is 5.32 Å². The second-order valence-corrected chi connectivity index (χ2v) is 11.1. The summed E-state index contributed by atoms with van der Waals surface area (Å²) in [5.41, 5.74) is 6.15. The first-order valence-corrected chi connectivity index (χ1v) is 12.9. The number of rotatable bonds is 4. The lowest BCUT2D eigenvalue weighted by molar-refractivity contribution is -0.124. The number of amides is 1. The fourth-order valence-electron chi connectivity index (χ4n) is 5.07. The lowest BCUT2D eigenvalue weighted by atomic mass is 10.0. The molecule has 0 bridgehead atoms. The van der Waals surface area contributed by atoms with Crippen LogP contribution >= 0.6 is 8.58 Å². The maximum absolute atomic E-state index is 13.2. The molecule has 8 heteroatoms. The number of likely N-dealkylation sites (tertiary alicyclic amines) is 1. The van der Waals surface area contributed by atoms with Crippen molar-refractivity contribution in [3.8, 4) is 0 Å². The molecule has 1 fully saturated rings. The largest absolute Gasteiger partial charge is 0.370 e. The first kappa shape index (κ1) is 22.3. The van der Waals surface area contributed by atoms with Crippen LogP contribution in [0.2, 0.25) is 0 Å². The molecule has 2 unspecified atom stereocenters. The third kappa shape index (κ3) is 4.36. The first-order valence-electron chi connectivity index (χ1n) is 11.8. The smallest absolute Gasteiger partial charge is 0.252 e. The minimum atomic E-state index is 0.0399. The van der Waals surface area contributed by atoms with Gasteiger partial charge in [-0.25, -0.2) is 4.52 Å². The molecule has 3 aliphatic heterocycles. The zero-order valence-corrected chi connectivity index (χ0v) is 21.1. The van der Waals surface area contributed by atoms with Crippen molar-refractivity contribution in [3.63, 3.8) is 0 Å². The summed E-state index contributed by atoms with van der Waals surface area (Å²) in [5, 5.41) is 9.45. The molecule has 2 aromatic rings. The second-order valence-electron chi connectivity index (χ2n) is 9.70. The molecule has 33 heavy (non-hydrogen) atoms. The SMILES string of the molecule is CC1=CC(N2CCC(NC(C)C)CC2)=CN2C(=O)C=C(c3cc4c(C)nc(C)cn4n3)PC12.